The number of imide groups is 1. The van der Waals surface area contributed by atoms with Gasteiger partial charge in [0.15, 0.2) is 5.75 Å². The lowest BCUT2D eigenvalue weighted by Crippen LogP contribution is -2.30. The van der Waals surface area contributed by atoms with Gasteiger partial charge in [0, 0.05) is 0 Å². The zero-order valence-corrected chi connectivity index (χ0v) is 14.8. The summed E-state index contributed by atoms with van der Waals surface area (Å²) >= 11 is 12.3. The maximum atomic E-state index is 12.6. The second kappa shape index (κ2) is 7.52. The van der Waals surface area contributed by atoms with Gasteiger partial charge in [-0.3, -0.25) is 4.79 Å². The third-order valence-corrected chi connectivity index (χ3v) is 4.09. The minimum atomic E-state index is -0.529. The molecule has 1 heterocycles. The Kier molecular flexibility index (Phi) is 5.17. The highest BCUT2D eigenvalue weighted by Crippen LogP contribution is 2.35. The molecule has 130 valence electrons. The Morgan fingerprint density at radius 1 is 1.15 bits per heavy atom. The number of amides is 3. The number of anilines is 1. The number of rotatable bonds is 4. The molecule has 0 aliphatic carbocycles. The van der Waals surface area contributed by atoms with Gasteiger partial charge >= 0.3 is 6.03 Å². The minimum absolute atomic E-state index is 0.0282. The number of ether oxygens (including phenoxy) is 1. The molecule has 1 N–H and O–H groups in total. The number of hydrogen-bond donors (Lipinski definition) is 1. The van der Waals surface area contributed by atoms with Crippen LogP contribution in [0, 0.1) is 12.3 Å². The predicted octanol–water partition coefficient (Wildman–Crippen LogP) is 4.10. The summed E-state index contributed by atoms with van der Waals surface area (Å²) in [4.78, 5) is 25.8. The van der Waals surface area contributed by atoms with E-state index in [0.29, 0.717) is 11.3 Å². The number of para-hydroxylation sites is 1. The van der Waals surface area contributed by atoms with E-state index >= 15 is 0 Å². The highest BCUT2D eigenvalue weighted by molar-refractivity contribution is 6.37. The number of hydrogen-bond acceptors (Lipinski definition) is 3. The Labute approximate surface area is 160 Å². The quantitative estimate of drug-likeness (QED) is 0.488. The Balaban J connectivity index is 1.90. The SMILES string of the molecule is C#CCOc1c(Cl)cc(/C=C2\NC(=O)N(c3ccccc3)C2=O)cc1Cl. The molecule has 0 bridgehead atoms. The lowest BCUT2D eigenvalue weighted by molar-refractivity contribution is -0.113. The maximum absolute atomic E-state index is 12.6. The van der Waals surface area contributed by atoms with Gasteiger partial charge in [0.25, 0.3) is 5.91 Å². The van der Waals surface area contributed by atoms with Gasteiger partial charge in [0.1, 0.15) is 12.3 Å². The first kappa shape index (κ1) is 17.9. The van der Waals surface area contributed by atoms with Crippen LogP contribution in [0.1, 0.15) is 5.56 Å². The normalized spacial score (nSPS) is 15.1. The van der Waals surface area contributed by atoms with Crippen molar-refractivity contribution in [2.24, 2.45) is 0 Å². The summed E-state index contributed by atoms with van der Waals surface area (Å²) in [6.07, 6.45) is 6.64. The fraction of sp³-hybridized carbons (Fsp3) is 0.0526. The van der Waals surface area contributed by atoms with Gasteiger partial charge in [0.2, 0.25) is 0 Å². The molecule has 0 saturated carbocycles. The van der Waals surface area contributed by atoms with Gasteiger partial charge in [-0.2, -0.15) is 0 Å². The van der Waals surface area contributed by atoms with Gasteiger partial charge in [0.05, 0.1) is 15.7 Å². The van der Waals surface area contributed by atoms with Crippen molar-refractivity contribution < 1.29 is 14.3 Å². The first-order valence-corrected chi connectivity index (χ1v) is 8.24. The molecule has 1 aliphatic rings. The number of terminal acetylenes is 1. The molecule has 0 aromatic heterocycles. The van der Waals surface area contributed by atoms with Crippen LogP contribution >= 0.6 is 23.2 Å². The third kappa shape index (κ3) is 3.52. The molecule has 2 aromatic rings. The molecule has 26 heavy (non-hydrogen) atoms. The Morgan fingerprint density at radius 2 is 1.81 bits per heavy atom. The number of carbonyl (C=O) groups is 2. The minimum Gasteiger partial charge on any atom is -0.478 e. The van der Waals surface area contributed by atoms with Crippen molar-refractivity contribution in [2.45, 2.75) is 0 Å². The van der Waals surface area contributed by atoms with Crippen molar-refractivity contribution in [3.05, 3.63) is 63.8 Å². The summed E-state index contributed by atoms with van der Waals surface area (Å²) in [7, 11) is 0. The highest BCUT2D eigenvalue weighted by atomic mass is 35.5. The van der Waals surface area contributed by atoms with Crippen molar-refractivity contribution in [2.75, 3.05) is 11.5 Å². The number of nitrogens with zero attached hydrogens (tertiary/aromatic N) is 1. The van der Waals surface area contributed by atoms with Crippen LogP contribution in [0.5, 0.6) is 5.75 Å². The summed E-state index contributed by atoms with van der Waals surface area (Å²) in [6.45, 7) is 0.0282. The van der Waals surface area contributed by atoms with Crippen molar-refractivity contribution in [1.82, 2.24) is 5.32 Å². The molecule has 3 amide bonds. The average Bonchev–Trinajstić information content (AvgIpc) is 2.88. The van der Waals surface area contributed by atoms with Gasteiger partial charge in [-0.15, -0.1) is 6.42 Å². The summed E-state index contributed by atoms with van der Waals surface area (Å²) < 4.78 is 5.29. The number of benzene rings is 2. The second-order valence-electron chi connectivity index (χ2n) is 5.27. The van der Waals surface area contributed by atoms with E-state index in [4.69, 9.17) is 34.4 Å². The highest BCUT2D eigenvalue weighted by Gasteiger charge is 2.34. The molecular formula is C19H12Cl2N2O3. The standard InChI is InChI=1S/C19H12Cl2N2O3/c1-2-8-26-17-14(20)9-12(10-15(17)21)11-16-18(24)23(19(25)22-16)13-6-4-3-5-7-13/h1,3-7,9-11H,8H2,(H,22,25)/b16-11-. The molecule has 0 spiro atoms. The second-order valence-corrected chi connectivity index (χ2v) is 6.09. The van der Waals surface area contributed by atoms with E-state index in [1.807, 2.05) is 0 Å². The van der Waals surface area contributed by atoms with Crippen LogP contribution in [0.15, 0.2) is 48.2 Å². The number of carbonyl (C=O) groups excluding carboxylic acids is 2. The first-order valence-electron chi connectivity index (χ1n) is 7.48. The molecule has 1 fully saturated rings. The van der Waals surface area contributed by atoms with Crippen LogP contribution in [0.3, 0.4) is 0 Å². The van der Waals surface area contributed by atoms with Crippen molar-refractivity contribution in [3.8, 4) is 18.1 Å². The van der Waals surface area contributed by atoms with E-state index in [1.54, 1.807) is 42.5 Å². The first-order chi connectivity index (χ1) is 12.5. The van der Waals surface area contributed by atoms with E-state index in [1.165, 1.54) is 6.08 Å². The van der Waals surface area contributed by atoms with Crippen molar-refractivity contribution in [3.63, 3.8) is 0 Å². The van der Waals surface area contributed by atoms with E-state index < -0.39 is 11.9 Å². The van der Waals surface area contributed by atoms with Crippen LogP contribution < -0.4 is 15.0 Å². The summed E-state index contributed by atoms with van der Waals surface area (Å²) in [5.41, 5.74) is 1.13. The molecule has 0 radical (unpaired) electrons. The predicted molar refractivity (Wildman–Crippen MR) is 101 cm³/mol. The van der Waals surface area contributed by atoms with Crippen molar-refractivity contribution in [1.29, 1.82) is 0 Å². The molecule has 5 nitrogen and oxygen atoms in total. The smallest absolute Gasteiger partial charge is 0.333 e. The number of nitrogens with one attached hydrogen (secondary N) is 1. The fourth-order valence-electron chi connectivity index (χ4n) is 2.43. The molecule has 7 heteroatoms. The molecule has 1 aliphatic heterocycles. The summed E-state index contributed by atoms with van der Waals surface area (Å²) in [5, 5.41) is 3.04. The van der Waals surface area contributed by atoms with E-state index in [0.717, 1.165) is 4.90 Å². The van der Waals surface area contributed by atoms with Gasteiger partial charge in [-0.1, -0.05) is 47.3 Å². The average molecular weight is 387 g/mol. The van der Waals surface area contributed by atoms with Crippen LogP contribution in [0.2, 0.25) is 10.0 Å². The van der Waals surface area contributed by atoms with Crippen LogP contribution in [0.4, 0.5) is 10.5 Å². The monoisotopic (exact) mass is 386 g/mol. The molecule has 0 atom stereocenters. The Bertz CT molecular complexity index is 926. The third-order valence-electron chi connectivity index (χ3n) is 3.52. The lowest BCUT2D eigenvalue weighted by Gasteiger charge is -2.11. The van der Waals surface area contributed by atoms with E-state index in [9.17, 15) is 9.59 Å². The zero-order chi connectivity index (χ0) is 18.7. The summed E-state index contributed by atoms with van der Waals surface area (Å²) in [5.74, 6) is 2.12. The number of halogens is 2. The largest absolute Gasteiger partial charge is 0.478 e. The van der Waals surface area contributed by atoms with Crippen LogP contribution in [-0.2, 0) is 4.79 Å². The number of urea groups is 1. The molecule has 1 saturated heterocycles. The van der Waals surface area contributed by atoms with E-state index in [2.05, 4.69) is 11.2 Å². The topological polar surface area (TPSA) is 58.6 Å². The van der Waals surface area contributed by atoms with E-state index in [-0.39, 0.29) is 28.1 Å². The fourth-order valence-corrected chi connectivity index (χ4v) is 3.04. The molecule has 3 rings (SSSR count). The van der Waals surface area contributed by atoms with Crippen LogP contribution in [-0.4, -0.2) is 18.5 Å². The lowest BCUT2D eigenvalue weighted by atomic mass is 10.1. The molecule has 2 aromatic carbocycles. The van der Waals surface area contributed by atoms with Gasteiger partial charge in [-0.25, -0.2) is 9.69 Å². The molecule has 0 unspecified atom stereocenters. The summed E-state index contributed by atoms with van der Waals surface area (Å²) in [6, 6.07) is 11.2. The Morgan fingerprint density at radius 3 is 2.42 bits per heavy atom. The van der Waals surface area contributed by atoms with Gasteiger partial charge < -0.3 is 10.1 Å². The molecular weight excluding hydrogens is 375 g/mol. The Hall–Kier alpha value is -2.94. The van der Waals surface area contributed by atoms with Crippen molar-refractivity contribution >= 4 is 46.9 Å². The maximum Gasteiger partial charge on any atom is 0.333 e. The van der Waals surface area contributed by atoms with Gasteiger partial charge in [-0.05, 0) is 35.9 Å². The zero-order valence-electron chi connectivity index (χ0n) is 13.3. The van der Waals surface area contributed by atoms with Crippen LogP contribution in [0.25, 0.3) is 6.08 Å².